The molecule has 0 aliphatic heterocycles. The Kier molecular flexibility index (Phi) is 8.92. The summed E-state index contributed by atoms with van der Waals surface area (Å²) in [7, 11) is 0. The zero-order valence-corrected chi connectivity index (χ0v) is 23.8. The lowest BCUT2D eigenvalue weighted by Gasteiger charge is -2.62. The molecular formula is C28H47N3O4S. The van der Waals surface area contributed by atoms with Crippen LogP contribution in [0.5, 0.6) is 0 Å². The SMILES string of the molecule is C=C[C@]1(C)C[C@@H](OC(=O)CNC(=O)C(N)CCSC)[C@]2(C)[C@H](C)CC[C@]3(CC/C(=N\O)[C@H]32)[C@@H](C)C1C. The maximum Gasteiger partial charge on any atom is 0.325 e. The van der Waals surface area contributed by atoms with E-state index in [0.717, 1.165) is 37.1 Å². The largest absolute Gasteiger partial charge is 0.460 e. The first-order valence-corrected chi connectivity index (χ1v) is 14.9. The van der Waals surface area contributed by atoms with E-state index < -0.39 is 23.5 Å². The van der Waals surface area contributed by atoms with Crippen molar-refractivity contribution in [2.45, 2.75) is 85.3 Å². The summed E-state index contributed by atoms with van der Waals surface area (Å²) in [5.74, 6) is 1.01. The molecule has 2 unspecified atom stereocenters. The number of rotatable bonds is 8. The molecule has 7 nitrogen and oxygen atoms in total. The van der Waals surface area contributed by atoms with Gasteiger partial charge in [0.1, 0.15) is 12.6 Å². The van der Waals surface area contributed by atoms with E-state index in [0.29, 0.717) is 24.7 Å². The molecule has 0 heterocycles. The fourth-order valence-electron chi connectivity index (χ4n) is 7.82. The molecule has 3 saturated carbocycles. The molecule has 0 saturated heterocycles. The van der Waals surface area contributed by atoms with Crippen LogP contribution in [0.4, 0.5) is 0 Å². The maximum atomic E-state index is 13.2. The van der Waals surface area contributed by atoms with Crippen LogP contribution in [0, 0.1) is 39.9 Å². The molecule has 3 rings (SSSR count). The molecule has 1 amide bonds. The highest BCUT2D eigenvalue weighted by atomic mass is 32.2. The highest BCUT2D eigenvalue weighted by Crippen LogP contribution is 2.69. The van der Waals surface area contributed by atoms with E-state index in [9.17, 15) is 14.8 Å². The van der Waals surface area contributed by atoms with Crippen molar-refractivity contribution in [2.75, 3.05) is 18.6 Å². The standard InChI is InChI=1S/C28H47N3O4S/c1-8-26(5)15-22(35-23(32)16-30-25(33)20(29)11-14-36-7)27(6)17(2)9-12-28(19(4)18(26)3)13-10-21(31-34)24(27)28/h8,17-20,22,24,34H,1,9-16,29H2,2-7H3,(H,30,33)/b31-21+/t17-,18?,19+,20?,22-,24+,26-,27+,28+/m1/s1. The summed E-state index contributed by atoms with van der Waals surface area (Å²) in [6.07, 6.45) is 8.69. The van der Waals surface area contributed by atoms with Gasteiger partial charge < -0.3 is 21.0 Å². The van der Waals surface area contributed by atoms with Gasteiger partial charge in [0.05, 0.1) is 11.8 Å². The van der Waals surface area contributed by atoms with Gasteiger partial charge in [-0.05, 0) is 79.1 Å². The van der Waals surface area contributed by atoms with Crippen LogP contribution >= 0.6 is 11.8 Å². The van der Waals surface area contributed by atoms with Crippen molar-refractivity contribution in [1.82, 2.24) is 5.32 Å². The van der Waals surface area contributed by atoms with Crippen LogP contribution in [-0.4, -0.2) is 53.5 Å². The molecule has 0 aromatic rings. The topological polar surface area (TPSA) is 114 Å². The molecule has 3 fully saturated rings. The summed E-state index contributed by atoms with van der Waals surface area (Å²) in [6, 6.07) is -0.642. The van der Waals surface area contributed by atoms with Crippen LogP contribution in [-0.2, 0) is 14.3 Å². The molecule has 3 aliphatic carbocycles. The first kappa shape index (κ1) is 29.0. The Bertz CT molecular complexity index is 881. The fourth-order valence-corrected chi connectivity index (χ4v) is 8.31. The first-order valence-electron chi connectivity index (χ1n) is 13.5. The normalized spacial score (nSPS) is 42.1. The van der Waals surface area contributed by atoms with Crippen LogP contribution < -0.4 is 11.1 Å². The number of carbonyl (C=O) groups excluding carboxylic acids is 2. The van der Waals surface area contributed by atoms with Gasteiger partial charge >= 0.3 is 5.97 Å². The molecule has 0 aromatic heterocycles. The van der Waals surface area contributed by atoms with Crippen LogP contribution in [0.2, 0.25) is 0 Å². The fraction of sp³-hybridized carbons (Fsp3) is 0.821. The van der Waals surface area contributed by atoms with Gasteiger partial charge in [0.2, 0.25) is 5.91 Å². The quantitative estimate of drug-likeness (QED) is 0.186. The number of nitrogens with one attached hydrogen (secondary N) is 1. The number of ether oxygens (including phenoxy) is 1. The Morgan fingerprint density at radius 2 is 2.00 bits per heavy atom. The van der Waals surface area contributed by atoms with E-state index in [-0.39, 0.29) is 35.1 Å². The third-order valence-electron chi connectivity index (χ3n) is 10.7. The second-order valence-electron chi connectivity index (χ2n) is 12.1. The number of hydrogen-bond donors (Lipinski definition) is 3. The van der Waals surface area contributed by atoms with Gasteiger partial charge in [-0.3, -0.25) is 9.59 Å². The smallest absolute Gasteiger partial charge is 0.325 e. The number of thioether (sulfide) groups is 1. The number of carbonyl (C=O) groups is 2. The second kappa shape index (κ2) is 11.1. The van der Waals surface area contributed by atoms with Gasteiger partial charge in [0.15, 0.2) is 0 Å². The minimum Gasteiger partial charge on any atom is -0.460 e. The Balaban J connectivity index is 1.94. The first-order chi connectivity index (χ1) is 16.9. The number of esters is 1. The van der Waals surface area contributed by atoms with Crippen molar-refractivity contribution in [3.8, 4) is 0 Å². The van der Waals surface area contributed by atoms with Crippen LogP contribution in [0.25, 0.3) is 0 Å². The summed E-state index contributed by atoms with van der Waals surface area (Å²) in [4.78, 5) is 25.5. The molecule has 4 N–H and O–H groups in total. The predicted octanol–water partition coefficient (Wildman–Crippen LogP) is 4.63. The van der Waals surface area contributed by atoms with Crippen molar-refractivity contribution in [3.63, 3.8) is 0 Å². The zero-order chi connectivity index (χ0) is 26.9. The summed E-state index contributed by atoms with van der Waals surface area (Å²) < 4.78 is 6.29. The highest BCUT2D eigenvalue weighted by molar-refractivity contribution is 7.98. The van der Waals surface area contributed by atoms with Crippen LogP contribution in [0.1, 0.15) is 73.1 Å². The van der Waals surface area contributed by atoms with Gasteiger partial charge in [0, 0.05) is 11.3 Å². The number of amides is 1. The summed E-state index contributed by atoms with van der Waals surface area (Å²) in [6.45, 7) is 15.3. The zero-order valence-electron chi connectivity index (χ0n) is 23.0. The van der Waals surface area contributed by atoms with Gasteiger partial charge in [0.25, 0.3) is 0 Å². The minimum atomic E-state index is -0.642. The Labute approximate surface area is 221 Å². The maximum absolute atomic E-state index is 13.2. The van der Waals surface area contributed by atoms with E-state index in [1.54, 1.807) is 11.8 Å². The molecule has 36 heavy (non-hydrogen) atoms. The van der Waals surface area contributed by atoms with E-state index in [1.165, 1.54) is 0 Å². The third kappa shape index (κ3) is 4.84. The second-order valence-corrected chi connectivity index (χ2v) is 13.1. The minimum absolute atomic E-state index is 0.00410. The van der Waals surface area contributed by atoms with E-state index in [4.69, 9.17) is 10.5 Å². The molecule has 0 radical (unpaired) electrons. The van der Waals surface area contributed by atoms with E-state index >= 15 is 0 Å². The molecule has 0 spiro atoms. The number of nitrogens with two attached hydrogens (primary N) is 1. The highest BCUT2D eigenvalue weighted by Gasteiger charge is 2.67. The lowest BCUT2D eigenvalue weighted by molar-refractivity contribution is -0.188. The Morgan fingerprint density at radius 1 is 1.31 bits per heavy atom. The molecule has 9 atom stereocenters. The molecule has 2 bridgehead atoms. The number of nitrogens with zero attached hydrogens (tertiary/aromatic N) is 1. The number of oxime groups is 1. The van der Waals surface area contributed by atoms with Gasteiger partial charge in [-0.2, -0.15) is 11.8 Å². The average Bonchev–Trinajstić information content (AvgIpc) is 3.26. The monoisotopic (exact) mass is 521 g/mol. The number of allylic oxidation sites excluding steroid dienone is 1. The number of hydrogen-bond acceptors (Lipinski definition) is 7. The molecular weight excluding hydrogens is 474 g/mol. The third-order valence-corrected chi connectivity index (χ3v) is 11.4. The predicted molar refractivity (Wildman–Crippen MR) is 146 cm³/mol. The van der Waals surface area contributed by atoms with Crippen molar-refractivity contribution in [1.29, 1.82) is 0 Å². The van der Waals surface area contributed by atoms with Crippen molar-refractivity contribution >= 4 is 29.4 Å². The van der Waals surface area contributed by atoms with Gasteiger partial charge in [-0.1, -0.05) is 45.9 Å². The Hall–Kier alpha value is -1.54. The van der Waals surface area contributed by atoms with Crippen molar-refractivity contribution < 1.29 is 19.5 Å². The summed E-state index contributed by atoms with van der Waals surface area (Å²) >= 11 is 1.63. The van der Waals surface area contributed by atoms with Crippen molar-refractivity contribution in [3.05, 3.63) is 12.7 Å². The van der Waals surface area contributed by atoms with E-state index in [1.807, 2.05) is 12.3 Å². The summed E-state index contributed by atoms with van der Waals surface area (Å²) in [5, 5.41) is 16.5. The summed E-state index contributed by atoms with van der Waals surface area (Å²) in [5.41, 5.74) is 6.17. The van der Waals surface area contributed by atoms with Crippen LogP contribution in [0.3, 0.4) is 0 Å². The lowest BCUT2D eigenvalue weighted by Crippen LogP contribution is -2.61. The average molecular weight is 522 g/mol. The lowest BCUT2D eigenvalue weighted by atomic mass is 9.42. The molecule has 8 heteroatoms. The molecule has 0 aromatic carbocycles. The van der Waals surface area contributed by atoms with Gasteiger partial charge in [-0.15, -0.1) is 6.58 Å². The molecule has 3 aliphatic rings. The van der Waals surface area contributed by atoms with Crippen LogP contribution in [0.15, 0.2) is 17.8 Å². The van der Waals surface area contributed by atoms with E-state index in [2.05, 4.69) is 51.7 Å². The molecule has 204 valence electrons. The van der Waals surface area contributed by atoms with Gasteiger partial charge in [-0.25, -0.2) is 0 Å². The van der Waals surface area contributed by atoms with Crippen molar-refractivity contribution in [2.24, 2.45) is 50.8 Å². The Morgan fingerprint density at radius 3 is 2.61 bits per heavy atom.